The number of carbonyl (C=O) groups excluding carboxylic acids is 2. The van der Waals surface area contributed by atoms with Crippen molar-refractivity contribution in [1.82, 2.24) is 15.5 Å². The molecular formula is C22H26N4O5. The fourth-order valence-electron chi connectivity index (χ4n) is 2.85. The van der Waals surface area contributed by atoms with Crippen molar-refractivity contribution in [3.63, 3.8) is 0 Å². The zero-order chi connectivity index (χ0) is 22.6. The van der Waals surface area contributed by atoms with Crippen molar-refractivity contribution in [3.8, 4) is 11.6 Å². The predicted molar refractivity (Wildman–Crippen MR) is 115 cm³/mol. The van der Waals surface area contributed by atoms with Gasteiger partial charge in [-0.05, 0) is 52.3 Å². The first kappa shape index (κ1) is 22.1. The number of rotatable bonds is 6. The highest BCUT2D eigenvalue weighted by molar-refractivity contribution is 5.96. The number of hydrogen-bond donors (Lipinski definition) is 2. The summed E-state index contributed by atoms with van der Waals surface area (Å²) in [5.74, 6) is 0.562. The molecule has 3 aromatic rings. The summed E-state index contributed by atoms with van der Waals surface area (Å²) in [7, 11) is 0. The van der Waals surface area contributed by atoms with Gasteiger partial charge in [0.25, 0.3) is 0 Å². The van der Waals surface area contributed by atoms with Crippen LogP contribution in [0.4, 0.5) is 10.5 Å². The molecule has 0 aliphatic rings. The first-order valence-corrected chi connectivity index (χ1v) is 9.95. The van der Waals surface area contributed by atoms with Crippen molar-refractivity contribution in [2.75, 3.05) is 5.32 Å². The van der Waals surface area contributed by atoms with Crippen LogP contribution in [0.1, 0.15) is 39.8 Å². The highest BCUT2D eigenvalue weighted by Crippen LogP contribution is 2.31. The molecule has 1 aromatic carbocycles. The minimum atomic E-state index is -0.736. The molecule has 2 heterocycles. The number of pyridine rings is 1. The molecule has 0 radical (unpaired) electrons. The second-order valence-electron chi connectivity index (χ2n) is 7.98. The molecule has 1 atom stereocenters. The van der Waals surface area contributed by atoms with Gasteiger partial charge in [-0.25, -0.2) is 9.78 Å². The summed E-state index contributed by atoms with van der Waals surface area (Å²) in [6.45, 7) is 8.90. The molecule has 0 aliphatic heterocycles. The van der Waals surface area contributed by atoms with E-state index in [1.54, 1.807) is 52.0 Å². The van der Waals surface area contributed by atoms with Gasteiger partial charge in [0.15, 0.2) is 5.58 Å². The Balaban J connectivity index is 1.63. The first-order valence-electron chi connectivity index (χ1n) is 9.95. The third-order valence-corrected chi connectivity index (χ3v) is 4.26. The summed E-state index contributed by atoms with van der Waals surface area (Å²) >= 11 is 0. The Kier molecular flexibility index (Phi) is 6.43. The van der Waals surface area contributed by atoms with Crippen LogP contribution >= 0.6 is 0 Å². The Morgan fingerprint density at radius 3 is 2.61 bits per heavy atom. The SMILES string of the molecule is CC[C@@H](NC(=O)OC(C)(C)C)C(=O)Nc1ccc(Oc2cccc3onc(C)c23)nc1. The Bertz CT molecular complexity index is 1070. The molecule has 2 amide bonds. The van der Waals surface area contributed by atoms with E-state index in [1.807, 2.05) is 13.0 Å². The molecular weight excluding hydrogens is 400 g/mol. The summed E-state index contributed by atoms with van der Waals surface area (Å²) in [5, 5.41) is 10.0. The molecule has 164 valence electrons. The molecule has 2 N–H and O–H groups in total. The Morgan fingerprint density at radius 1 is 1.19 bits per heavy atom. The van der Waals surface area contributed by atoms with E-state index >= 15 is 0 Å². The van der Waals surface area contributed by atoms with Gasteiger partial charge in [0.2, 0.25) is 11.8 Å². The van der Waals surface area contributed by atoms with Gasteiger partial charge < -0.3 is 24.6 Å². The largest absolute Gasteiger partial charge is 0.444 e. The molecule has 0 unspecified atom stereocenters. The van der Waals surface area contributed by atoms with E-state index in [4.69, 9.17) is 14.0 Å². The van der Waals surface area contributed by atoms with Gasteiger partial charge >= 0.3 is 6.09 Å². The predicted octanol–water partition coefficient (Wildman–Crippen LogP) is 4.57. The number of aromatic nitrogens is 2. The van der Waals surface area contributed by atoms with Crippen LogP contribution in [0.2, 0.25) is 0 Å². The molecule has 0 fully saturated rings. The molecule has 0 aliphatic carbocycles. The summed E-state index contributed by atoms with van der Waals surface area (Å²) in [5.41, 5.74) is 1.18. The number of carbonyl (C=O) groups is 2. The number of nitrogens with one attached hydrogen (secondary N) is 2. The fraction of sp³-hybridized carbons (Fsp3) is 0.364. The lowest BCUT2D eigenvalue weighted by atomic mass is 10.2. The van der Waals surface area contributed by atoms with Crippen LogP contribution in [-0.4, -0.2) is 33.8 Å². The lowest BCUT2D eigenvalue weighted by Crippen LogP contribution is -2.45. The van der Waals surface area contributed by atoms with Crippen LogP contribution in [0, 0.1) is 6.92 Å². The number of alkyl carbamates (subject to hydrolysis) is 1. The minimum Gasteiger partial charge on any atom is -0.444 e. The highest BCUT2D eigenvalue weighted by atomic mass is 16.6. The maximum absolute atomic E-state index is 12.5. The Morgan fingerprint density at radius 2 is 1.97 bits per heavy atom. The lowest BCUT2D eigenvalue weighted by Gasteiger charge is -2.22. The van der Waals surface area contributed by atoms with Gasteiger partial charge in [0.05, 0.1) is 23.0 Å². The maximum atomic E-state index is 12.5. The molecule has 0 bridgehead atoms. The summed E-state index contributed by atoms with van der Waals surface area (Å²) in [4.78, 5) is 28.7. The van der Waals surface area contributed by atoms with Gasteiger partial charge in [0.1, 0.15) is 17.4 Å². The number of benzene rings is 1. The molecule has 31 heavy (non-hydrogen) atoms. The number of hydrogen-bond acceptors (Lipinski definition) is 7. The average Bonchev–Trinajstić information content (AvgIpc) is 3.08. The zero-order valence-corrected chi connectivity index (χ0v) is 18.2. The van der Waals surface area contributed by atoms with Crippen molar-refractivity contribution in [2.24, 2.45) is 0 Å². The van der Waals surface area contributed by atoms with Crippen molar-refractivity contribution < 1.29 is 23.6 Å². The van der Waals surface area contributed by atoms with Crippen LogP contribution in [0.15, 0.2) is 41.1 Å². The van der Waals surface area contributed by atoms with E-state index in [0.717, 1.165) is 11.1 Å². The zero-order valence-electron chi connectivity index (χ0n) is 18.2. The molecule has 2 aromatic heterocycles. The number of nitrogens with zero attached hydrogens (tertiary/aromatic N) is 2. The van der Waals surface area contributed by atoms with Crippen LogP contribution < -0.4 is 15.4 Å². The smallest absolute Gasteiger partial charge is 0.408 e. The average molecular weight is 426 g/mol. The van der Waals surface area contributed by atoms with Gasteiger partial charge in [0, 0.05) is 6.07 Å². The Labute approximate surface area is 180 Å². The number of fused-ring (bicyclic) bond motifs is 1. The van der Waals surface area contributed by atoms with Gasteiger partial charge in [-0.2, -0.15) is 0 Å². The molecule has 0 spiro atoms. The van der Waals surface area contributed by atoms with Crippen LogP contribution in [0.3, 0.4) is 0 Å². The molecule has 9 heteroatoms. The third kappa shape index (κ3) is 5.71. The van der Waals surface area contributed by atoms with E-state index < -0.39 is 17.7 Å². The lowest BCUT2D eigenvalue weighted by molar-refractivity contribution is -0.118. The Hall–Kier alpha value is -3.62. The monoisotopic (exact) mass is 426 g/mol. The van der Waals surface area contributed by atoms with E-state index in [-0.39, 0.29) is 5.91 Å². The van der Waals surface area contributed by atoms with E-state index in [9.17, 15) is 9.59 Å². The topological polar surface area (TPSA) is 116 Å². The minimum absolute atomic E-state index is 0.352. The van der Waals surface area contributed by atoms with Crippen molar-refractivity contribution in [2.45, 2.75) is 52.7 Å². The highest BCUT2D eigenvalue weighted by Gasteiger charge is 2.23. The molecule has 0 saturated heterocycles. The van der Waals surface area contributed by atoms with Gasteiger partial charge in [-0.1, -0.05) is 18.1 Å². The van der Waals surface area contributed by atoms with Gasteiger partial charge in [-0.3, -0.25) is 4.79 Å². The van der Waals surface area contributed by atoms with Gasteiger partial charge in [-0.15, -0.1) is 0 Å². The van der Waals surface area contributed by atoms with Crippen molar-refractivity contribution >= 4 is 28.7 Å². The van der Waals surface area contributed by atoms with Crippen LogP contribution in [-0.2, 0) is 9.53 Å². The number of ether oxygens (including phenoxy) is 2. The maximum Gasteiger partial charge on any atom is 0.408 e. The number of aryl methyl sites for hydroxylation is 1. The summed E-state index contributed by atoms with van der Waals surface area (Å²) in [6, 6.07) is 7.99. The summed E-state index contributed by atoms with van der Waals surface area (Å²) < 4.78 is 16.3. The summed E-state index contributed by atoms with van der Waals surface area (Å²) in [6.07, 6.45) is 1.24. The van der Waals surface area contributed by atoms with E-state index in [0.29, 0.717) is 29.3 Å². The number of amides is 2. The third-order valence-electron chi connectivity index (χ3n) is 4.26. The fourth-order valence-corrected chi connectivity index (χ4v) is 2.85. The first-order chi connectivity index (χ1) is 14.7. The van der Waals surface area contributed by atoms with Crippen molar-refractivity contribution in [3.05, 3.63) is 42.2 Å². The van der Waals surface area contributed by atoms with Crippen LogP contribution in [0.25, 0.3) is 11.0 Å². The number of anilines is 1. The second-order valence-corrected chi connectivity index (χ2v) is 7.98. The quantitative estimate of drug-likeness (QED) is 0.593. The molecule has 9 nitrogen and oxygen atoms in total. The van der Waals surface area contributed by atoms with Crippen molar-refractivity contribution in [1.29, 1.82) is 0 Å². The second kappa shape index (κ2) is 9.03. The molecule has 3 rings (SSSR count). The van der Waals surface area contributed by atoms with Crippen LogP contribution in [0.5, 0.6) is 11.6 Å². The van der Waals surface area contributed by atoms with E-state index in [2.05, 4.69) is 20.8 Å². The standard InChI is InChI=1S/C22H26N4O5/c1-6-15(25-21(28)30-22(3,4)5)20(27)24-14-10-11-18(23-12-14)29-16-8-7-9-17-19(16)13(2)26-31-17/h7-12,15H,6H2,1-5H3,(H,24,27)(H,25,28)/t15-/m1/s1. The van der Waals surface area contributed by atoms with E-state index in [1.165, 1.54) is 6.20 Å². The molecule has 0 saturated carbocycles. The normalized spacial score (nSPS) is 12.3.